The van der Waals surface area contributed by atoms with Crippen LogP contribution in [0.4, 0.5) is 111 Å². The molecule has 1 aliphatic heterocycles. The van der Waals surface area contributed by atoms with Crippen molar-refractivity contribution in [1.82, 2.24) is 0 Å². The number of benzene rings is 8. The van der Waals surface area contributed by atoms with Gasteiger partial charge in [0.25, 0.3) is 5.01 Å². The summed E-state index contributed by atoms with van der Waals surface area (Å²) in [5, 5.41) is 8.68. The second kappa shape index (κ2) is 28.8. The molecule has 1 atom stereocenters. The van der Waals surface area contributed by atoms with Gasteiger partial charge in [-0.3, -0.25) is 0 Å². The average Bonchev–Trinajstić information content (AvgIpc) is 1.46. The van der Waals surface area contributed by atoms with Gasteiger partial charge in [0, 0.05) is 28.4 Å². The predicted molar refractivity (Wildman–Crippen MR) is 356 cm³/mol. The van der Waals surface area contributed by atoms with E-state index in [2.05, 4.69) is 141 Å². The highest BCUT2D eigenvalue weighted by molar-refractivity contribution is 8.03. The van der Waals surface area contributed by atoms with Crippen LogP contribution in [0, 0.1) is 11.3 Å². The number of aromatic nitrogens is 1. The van der Waals surface area contributed by atoms with Crippen LogP contribution in [-0.4, -0.2) is 18.5 Å². The largest absolute Gasteiger partial charge is 0.416 e. The molecule has 0 bridgehead atoms. The SMILES string of the molecule is CN1/C(=C/C=C2\C[C@H](C(C)(C)C)CC(/C=C/c3sc4ccc5ccccc5c4[n+]3C)=C2Cl)Sc2ccc3ccccc3c21.ClCCl.FC(F)(F)c1cc([B-](c2cc(C(F)(F)F)cc(C(F)(F)F)c2)(c2cc(C(F)(F)F)cc(C(F)(F)F)c2)c2cc(C(F)(F)F)cc(C(F)(F)F)c2)cc(C(F)(F)F)c1. The number of allylic oxidation sites excluding steroid dienone is 6. The maximum absolute atomic E-state index is 14.2. The maximum Gasteiger partial charge on any atom is 0.416 e. The number of rotatable bonds is 7. The van der Waals surface area contributed by atoms with Gasteiger partial charge in [0.05, 0.1) is 65.9 Å². The lowest BCUT2D eigenvalue weighted by Gasteiger charge is -2.46. The number of hydrogen-bond acceptors (Lipinski definition) is 3. The van der Waals surface area contributed by atoms with Gasteiger partial charge in [0.1, 0.15) is 17.9 Å². The first kappa shape index (κ1) is 79.6. The van der Waals surface area contributed by atoms with Gasteiger partial charge in [0.15, 0.2) is 0 Å². The van der Waals surface area contributed by atoms with Gasteiger partial charge in [-0.05, 0) is 94.6 Å². The second-order valence-electron chi connectivity index (χ2n) is 25.1. The number of fused-ring (bicyclic) bond motifs is 6. The van der Waals surface area contributed by atoms with Gasteiger partial charge < -0.3 is 4.90 Å². The first-order valence-corrected chi connectivity index (χ1v) is 33.1. The summed E-state index contributed by atoms with van der Waals surface area (Å²) in [6.07, 6.45) is -43.8. The lowest BCUT2D eigenvalue weighted by molar-refractivity contribution is -0.641. The van der Waals surface area contributed by atoms with Crippen molar-refractivity contribution in [2.75, 3.05) is 17.3 Å². The fraction of sp³-hybridized carbons (Fsp3) is 0.254. The third-order valence-electron chi connectivity index (χ3n) is 17.5. The summed E-state index contributed by atoms with van der Waals surface area (Å²) in [7, 11) is 4.35. The Bertz CT molecular complexity index is 4390. The molecule has 0 saturated carbocycles. The smallest absolute Gasteiger partial charge is 0.338 e. The molecule has 2 heterocycles. The fourth-order valence-electron chi connectivity index (χ4n) is 12.5. The van der Waals surface area contributed by atoms with E-state index in [1.165, 1.54) is 63.5 Å². The van der Waals surface area contributed by atoms with E-state index in [0.29, 0.717) is 5.92 Å². The second-order valence-corrected chi connectivity index (χ2v) is 28.4. The minimum Gasteiger partial charge on any atom is -0.338 e. The number of aryl methyl sites for hydroxylation is 1. The molecule has 2 aliphatic rings. The van der Waals surface area contributed by atoms with E-state index in [0.717, 1.165) is 17.9 Å². The number of alkyl halides is 26. The Morgan fingerprint density at radius 3 is 1.18 bits per heavy atom. The highest BCUT2D eigenvalue weighted by Gasteiger charge is 2.48. The summed E-state index contributed by atoms with van der Waals surface area (Å²) in [6.45, 7) is 7.06. The summed E-state index contributed by atoms with van der Waals surface area (Å²) in [6, 6.07) is 17.4. The highest BCUT2D eigenvalue weighted by Crippen LogP contribution is 2.51. The number of anilines is 1. The van der Waals surface area contributed by atoms with E-state index < -0.39 is 195 Å². The Morgan fingerprint density at radius 2 is 0.816 bits per heavy atom. The van der Waals surface area contributed by atoms with E-state index in [4.69, 9.17) is 34.8 Å². The molecule has 2 nitrogen and oxygen atoms in total. The molecule has 1 aliphatic carbocycles. The molecule has 9 aromatic rings. The maximum atomic E-state index is 14.2. The van der Waals surface area contributed by atoms with E-state index in [1.54, 1.807) is 0 Å². The van der Waals surface area contributed by atoms with Crippen LogP contribution < -0.4 is 31.3 Å². The number of hydrogen-bond donors (Lipinski definition) is 0. The van der Waals surface area contributed by atoms with Crippen LogP contribution >= 0.6 is 57.9 Å². The first-order valence-electron chi connectivity index (χ1n) is 30.1. The van der Waals surface area contributed by atoms with Crippen molar-refractivity contribution >= 4 is 129 Å². The Morgan fingerprint density at radius 1 is 0.466 bits per heavy atom. The zero-order valence-electron chi connectivity index (χ0n) is 53.4. The molecule has 0 radical (unpaired) electrons. The third-order valence-corrected chi connectivity index (χ3v) is 20.3. The predicted octanol–water partition coefficient (Wildman–Crippen LogP) is 23.6. The van der Waals surface area contributed by atoms with Crippen LogP contribution in [0.1, 0.15) is 83.1 Å². The van der Waals surface area contributed by atoms with E-state index >= 15 is 0 Å². The lowest BCUT2D eigenvalue weighted by Crippen LogP contribution is -2.75. The van der Waals surface area contributed by atoms with Crippen molar-refractivity contribution in [2.24, 2.45) is 18.4 Å². The molecule has 11 rings (SSSR count). The van der Waals surface area contributed by atoms with Crippen LogP contribution in [0.2, 0.25) is 0 Å². The van der Waals surface area contributed by atoms with Gasteiger partial charge in [-0.15, -0.1) is 23.2 Å². The van der Waals surface area contributed by atoms with Crippen LogP contribution in [0.15, 0.2) is 190 Å². The molecule has 0 N–H and O–H groups in total. The van der Waals surface area contributed by atoms with Crippen molar-refractivity contribution < 1.29 is 110 Å². The molecular weight excluding hydrogens is 1520 g/mol. The Hall–Kier alpha value is -7.47. The van der Waals surface area contributed by atoms with Crippen molar-refractivity contribution in [3.63, 3.8) is 0 Å². The zero-order valence-corrected chi connectivity index (χ0v) is 57.3. The zero-order chi connectivity index (χ0) is 76.5. The molecule has 0 fully saturated rings. The molecule has 0 saturated heterocycles. The molecule has 0 unspecified atom stereocenters. The Balaban J connectivity index is 0.000000238. The summed E-state index contributed by atoms with van der Waals surface area (Å²) in [5.41, 5.74) is -25.0. The van der Waals surface area contributed by atoms with E-state index in [-0.39, 0.29) is 10.8 Å². The summed E-state index contributed by atoms with van der Waals surface area (Å²) < 4.78 is 344. The Kier molecular flexibility index (Phi) is 22.3. The molecule has 103 heavy (non-hydrogen) atoms. The average molecular weight is 1570 g/mol. The van der Waals surface area contributed by atoms with E-state index in [1.807, 2.05) is 23.1 Å². The topological polar surface area (TPSA) is 7.12 Å². The Labute approximate surface area is 594 Å². The van der Waals surface area contributed by atoms with Gasteiger partial charge in [-0.2, -0.15) is 132 Å². The fourth-order valence-corrected chi connectivity index (χ4v) is 14.9. The van der Waals surface area contributed by atoms with Crippen LogP contribution in [0.5, 0.6) is 0 Å². The minimum atomic E-state index is -6.13. The van der Waals surface area contributed by atoms with Crippen molar-refractivity contribution in [3.05, 3.63) is 235 Å². The van der Waals surface area contributed by atoms with Crippen LogP contribution in [-0.2, 0) is 56.5 Å². The molecule has 548 valence electrons. The summed E-state index contributed by atoms with van der Waals surface area (Å²) in [4.78, 5) is 3.63. The highest BCUT2D eigenvalue weighted by atomic mass is 35.5. The van der Waals surface area contributed by atoms with Crippen LogP contribution in [0.25, 0.3) is 37.8 Å². The number of thiazole rings is 1. The first-order chi connectivity index (χ1) is 47.4. The van der Waals surface area contributed by atoms with Gasteiger partial charge in [-0.25, -0.2) is 0 Å². The molecular formula is C71H50BCl3F24N2S2. The number of halogens is 27. The standard InChI is InChI=1S/C38H36ClN2S2.C32H12BF24.CH2Cl2/c1-38(2,3)28-22-26(16-20-33-40(4)36-29-12-8-6-10-24(29)14-18-31(36)42-33)35(39)27(23-28)17-21-34-41(5)37-30-13-9-7-11-25(30)15-19-32(37)43-34;34-25(35,36)13-1-14(26(37,38)39)6-21(5-13)33(22-7-15(27(40,41)42)2-16(8-22)28(43,44)45,23-9-17(29(46,47)48)3-18(10-23)30(49,50)51)24-11-19(31(52,53)54)4-20(12-24)32(55,56)57;2-1-3/h6-21,28H,22-23H2,1-5H3;1-12H;1H2/q+1;-1;. The molecule has 32 heteroatoms. The molecule has 8 aromatic carbocycles. The summed E-state index contributed by atoms with van der Waals surface area (Å²) >= 11 is 20.4. The lowest BCUT2D eigenvalue weighted by atomic mass is 9.12. The normalized spacial score (nSPS) is 16.3. The molecule has 1 aromatic heterocycles. The molecule has 0 amide bonds. The number of nitrogens with zero attached hydrogens (tertiary/aromatic N) is 2. The number of thioether (sulfide) groups is 1. The summed E-state index contributed by atoms with van der Waals surface area (Å²) in [5.74, 6) is 0.509. The van der Waals surface area contributed by atoms with Crippen LogP contribution in [0.3, 0.4) is 0 Å². The monoisotopic (exact) mass is 1570 g/mol. The third kappa shape index (κ3) is 17.3. The molecule has 0 spiro atoms. The van der Waals surface area contributed by atoms with Crippen molar-refractivity contribution in [2.45, 2.75) is 87.9 Å². The van der Waals surface area contributed by atoms with Crippen molar-refractivity contribution in [1.29, 1.82) is 0 Å². The van der Waals surface area contributed by atoms with Crippen molar-refractivity contribution in [3.8, 4) is 0 Å². The van der Waals surface area contributed by atoms with Gasteiger partial charge >= 0.3 is 49.4 Å². The van der Waals surface area contributed by atoms with Gasteiger partial charge in [0.2, 0.25) is 5.52 Å². The quantitative estimate of drug-likeness (QED) is 0.0679. The van der Waals surface area contributed by atoms with E-state index in [9.17, 15) is 105 Å². The minimum absolute atomic E-state index is 0.179. The van der Waals surface area contributed by atoms with Gasteiger partial charge in [-0.1, -0.05) is 171 Å².